The van der Waals surface area contributed by atoms with E-state index in [0.717, 1.165) is 12.1 Å². The number of ether oxygens (including phenoxy) is 1. The fourth-order valence-corrected chi connectivity index (χ4v) is 4.67. The van der Waals surface area contributed by atoms with Gasteiger partial charge in [0.1, 0.15) is 5.75 Å². The lowest BCUT2D eigenvalue weighted by Gasteiger charge is -2.36. The van der Waals surface area contributed by atoms with Crippen molar-refractivity contribution in [3.05, 3.63) is 87.9 Å². The Morgan fingerprint density at radius 3 is 2.24 bits per heavy atom. The van der Waals surface area contributed by atoms with Crippen molar-refractivity contribution in [1.82, 2.24) is 4.90 Å². The molecule has 1 N–H and O–H groups in total. The summed E-state index contributed by atoms with van der Waals surface area (Å²) in [5.74, 6) is 0.883. The molecule has 0 aromatic heterocycles. The first kappa shape index (κ1) is 26.8. The van der Waals surface area contributed by atoms with Gasteiger partial charge in [-0.3, -0.25) is 9.59 Å². The lowest BCUT2D eigenvalue weighted by molar-refractivity contribution is -0.118. The largest absolute Gasteiger partial charge is 0.484 e. The molecule has 3 aromatic rings. The van der Waals surface area contributed by atoms with E-state index in [-0.39, 0.29) is 18.4 Å². The van der Waals surface area contributed by atoms with Crippen molar-refractivity contribution < 1.29 is 14.3 Å². The number of nitrogens with one attached hydrogen (secondary N) is 1. The Bertz CT molecular complexity index is 1220. The monoisotopic (exact) mass is 539 g/mol. The summed E-state index contributed by atoms with van der Waals surface area (Å²) in [5.41, 5.74) is 3.36. The van der Waals surface area contributed by atoms with Gasteiger partial charge in [-0.05, 0) is 72.5 Å². The van der Waals surface area contributed by atoms with Gasteiger partial charge in [0, 0.05) is 42.5 Å². The molecule has 4 rings (SSSR count). The number of rotatable bonds is 8. The summed E-state index contributed by atoms with van der Waals surface area (Å²) in [5, 5.41) is 3.98. The standard InChI is InChI=1S/C29H31Cl2N3O3/c1-3-20(2)21-6-11-25(12-7-21)37-19-28(35)32-24-10-13-27(26(31)18-24)33-14-16-34(17-15-33)29(36)22-4-8-23(30)9-5-22/h4-13,18,20H,3,14-17,19H2,1-2H3,(H,32,35)/t20-/m1/s1. The van der Waals surface area contributed by atoms with Gasteiger partial charge in [-0.25, -0.2) is 0 Å². The smallest absolute Gasteiger partial charge is 0.262 e. The molecule has 37 heavy (non-hydrogen) atoms. The number of carbonyl (C=O) groups is 2. The van der Waals surface area contributed by atoms with Crippen LogP contribution in [-0.4, -0.2) is 49.5 Å². The van der Waals surface area contributed by atoms with Crippen molar-refractivity contribution >= 4 is 46.4 Å². The van der Waals surface area contributed by atoms with Gasteiger partial charge in [0.15, 0.2) is 6.61 Å². The van der Waals surface area contributed by atoms with E-state index in [2.05, 4.69) is 24.1 Å². The first-order valence-corrected chi connectivity index (χ1v) is 13.2. The molecule has 2 amide bonds. The topological polar surface area (TPSA) is 61.9 Å². The number of anilines is 2. The van der Waals surface area contributed by atoms with Gasteiger partial charge >= 0.3 is 0 Å². The van der Waals surface area contributed by atoms with Crippen molar-refractivity contribution in [2.75, 3.05) is 43.0 Å². The Kier molecular flexibility index (Phi) is 8.95. The molecule has 0 saturated carbocycles. The van der Waals surface area contributed by atoms with Crippen LogP contribution in [0.1, 0.15) is 42.1 Å². The van der Waals surface area contributed by atoms with Crippen molar-refractivity contribution in [3.63, 3.8) is 0 Å². The fraction of sp³-hybridized carbons (Fsp3) is 0.310. The van der Waals surface area contributed by atoms with Crippen LogP contribution in [0.2, 0.25) is 10.0 Å². The lowest BCUT2D eigenvalue weighted by Crippen LogP contribution is -2.48. The molecule has 0 unspecified atom stereocenters. The van der Waals surface area contributed by atoms with Gasteiger partial charge in [-0.15, -0.1) is 0 Å². The maximum atomic E-state index is 12.8. The second-order valence-corrected chi connectivity index (χ2v) is 10.0. The molecule has 0 radical (unpaired) electrons. The average molecular weight is 540 g/mol. The van der Waals surface area contributed by atoms with Crippen molar-refractivity contribution in [2.45, 2.75) is 26.2 Å². The maximum absolute atomic E-state index is 12.8. The lowest BCUT2D eigenvalue weighted by atomic mass is 9.99. The van der Waals surface area contributed by atoms with E-state index in [1.54, 1.807) is 30.3 Å². The molecule has 8 heteroatoms. The van der Waals surface area contributed by atoms with Crippen LogP contribution in [0.5, 0.6) is 5.75 Å². The minimum atomic E-state index is -0.260. The number of piperazine rings is 1. The Balaban J connectivity index is 1.27. The fourth-order valence-electron chi connectivity index (χ4n) is 4.24. The molecule has 3 aromatic carbocycles. The van der Waals surface area contributed by atoms with Crippen molar-refractivity contribution in [2.24, 2.45) is 0 Å². The molecule has 0 bridgehead atoms. The summed E-state index contributed by atoms with van der Waals surface area (Å²) in [7, 11) is 0. The second kappa shape index (κ2) is 12.3. The quantitative estimate of drug-likeness (QED) is 0.355. The number of nitrogens with zero attached hydrogens (tertiary/aromatic N) is 2. The van der Waals surface area contributed by atoms with Crippen LogP contribution in [0.25, 0.3) is 0 Å². The van der Waals surface area contributed by atoms with Gasteiger partial charge < -0.3 is 19.9 Å². The Morgan fingerprint density at radius 2 is 1.62 bits per heavy atom. The molecule has 1 heterocycles. The minimum Gasteiger partial charge on any atom is -0.484 e. The van der Waals surface area contributed by atoms with Crippen LogP contribution in [0.15, 0.2) is 66.7 Å². The molecule has 1 atom stereocenters. The Labute approximate surface area is 228 Å². The average Bonchev–Trinajstić information content (AvgIpc) is 2.92. The number of amides is 2. The summed E-state index contributed by atoms with van der Waals surface area (Å²) < 4.78 is 5.63. The van der Waals surface area contributed by atoms with Gasteiger partial charge in [0.25, 0.3) is 11.8 Å². The number of halogens is 2. The third kappa shape index (κ3) is 6.96. The first-order chi connectivity index (χ1) is 17.8. The number of carbonyl (C=O) groups excluding carboxylic acids is 2. The molecule has 1 aliphatic rings. The normalized spacial score (nSPS) is 14.3. The predicted molar refractivity (Wildman–Crippen MR) is 150 cm³/mol. The highest BCUT2D eigenvalue weighted by Crippen LogP contribution is 2.30. The van der Waals surface area contributed by atoms with E-state index < -0.39 is 0 Å². The predicted octanol–water partition coefficient (Wildman–Crippen LogP) is 6.49. The molecule has 0 spiro atoms. The molecule has 6 nitrogen and oxygen atoms in total. The summed E-state index contributed by atoms with van der Waals surface area (Å²) in [4.78, 5) is 29.1. The molecule has 1 aliphatic heterocycles. The van der Waals surface area contributed by atoms with Crippen molar-refractivity contribution in [1.29, 1.82) is 0 Å². The molecule has 194 valence electrons. The first-order valence-electron chi connectivity index (χ1n) is 12.5. The molecular weight excluding hydrogens is 509 g/mol. The zero-order valence-electron chi connectivity index (χ0n) is 21.0. The summed E-state index contributed by atoms with van der Waals surface area (Å²) in [6.07, 6.45) is 1.07. The van der Waals surface area contributed by atoms with Crippen LogP contribution in [-0.2, 0) is 4.79 Å². The van der Waals surface area contributed by atoms with Gasteiger partial charge in [0.2, 0.25) is 0 Å². The Hall–Kier alpha value is -3.22. The van der Waals surface area contributed by atoms with E-state index in [9.17, 15) is 9.59 Å². The highest BCUT2D eigenvalue weighted by Gasteiger charge is 2.23. The van der Waals surface area contributed by atoms with Gasteiger partial charge in [0.05, 0.1) is 10.7 Å². The second-order valence-electron chi connectivity index (χ2n) is 9.17. The SMILES string of the molecule is CC[C@@H](C)c1ccc(OCC(=O)Nc2ccc(N3CCN(C(=O)c4ccc(Cl)cc4)CC3)c(Cl)c2)cc1. The number of benzene rings is 3. The van der Waals surface area contributed by atoms with E-state index in [1.807, 2.05) is 41.3 Å². The van der Waals surface area contributed by atoms with Crippen LogP contribution in [0, 0.1) is 0 Å². The zero-order valence-corrected chi connectivity index (χ0v) is 22.6. The zero-order chi connectivity index (χ0) is 26.4. The van der Waals surface area contributed by atoms with E-state index in [1.165, 1.54) is 5.56 Å². The number of hydrogen-bond donors (Lipinski definition) is 1. The minimum absolute atomic E-state index is 0.00541. The molecule has 0 aliphatic carbocycles. The Morgan fingerprint density at radius 1 is 0.946 bits per heavy atom. The molecular formula is C29H31Cl2N3O3. The van der Waals surface area contributed by atoms with Crippen molar-refractivity contribution in [3.8, 4) is 5.75 Å². The van der Waals surface area contributed by atoms with Crippen LogP contribution < -0.4 is 15.0 Å². The third-order valence-electron chi connectivity index (χ3n) is 6.66. The number of hydrogen-bond acceptors (Lipinski definition) is 4. The summed E-state index contributed by atoms with van der Waals surface area (Å²) >= 11 is 12.5. The van der Waals surface area contributed by atoms with E-state index >= 15 is 0 Å². The highest BCUT2D eigenvalue weighted by atomic mass is 35.5. The summed E-state index contributed by atoms with van der Waals surface area (Å²) in [6, 6.07) is 20.2. The van der Waals surface area contributed by atoms with Crippen LogP contribution in [0.3, 0.4) is 0 Å². The summed E-state index contributed by atoms with van der Waals surface area (Å²) in [6.45, 7) is 6.75. The van der Waals surface area contributed by atoms with Crippen LogP contribution >= 0.6 is 23.2 Å². The van der Waals surface area contributed by atoms with Gasteiger partial charge in [-0.1, -0.05) is 49.2 Å². The van der Waals surface area contributed by atoms with E-state index in [4.69, 9.17) is 27.9 Å². The van der Waals surface area contributed by atoms with Crippen LogP contribution in [0.4, 0.5) is 11.4 Å². The molecule has 1 fully saturated rings. The maximum Gasteiger partial charge on any atom is 0.262 e. The third-order valence-corrected chi connectivity index (χ3v) is 7.22. The van der Waals surface area contributed by atoms with Gasteiger partial charge in [-0.2, -0.15) is 0 Å². The van der Waals surface area contributed by atoms with E-state index in [0.29, 0.717) is 59.1 Å². The highest BCUT2D eigenvalue weighted by molar-refractivity contribution is 6.33. The molecule has 1 saturated heterocycles.